The minimum Gasteiger partial charge on any atom is -0.337 e. The maximum absolute atomic E-state index is 12.6. The van der Waals surface area contributed by atoms with E-state index in [2.05, 4.69) is 40.2 Å². The number of aromatic nitrogens is 1. The van der Waals surface area contributed by atoms with Crippen LogP contribution in [0, 0.1) is 5.41 Å². The molecule has 1 aromatic carbocycles. The van der Waals surface area contributed by atoms with Crippen LogP contribution >= 0.6 is 11.3 Å². The summed E-state index contributed by atoms with van der Waals surface area (Å²) in [5.41, 5.74) is 4.09. The number of hydrogen-bond donors (Lipinski definition) is 0. The van der Waals surface area contributed by atoms with E-state index < -0.39 is 0 Å². The Labute approximate surface area is 159 Å². The highest BCUT2D eigenvalue weighted by Gasteiger charge is 2.42. The molecule has 0 bridgehead atoms. The number of aryl methyl sites for hydroxylation is 1. The molecule has 3 heterocycles. The number of rotatable bonds is 5. The molecule has 0 unspecified atom stereocenters. The molecular weight excluding hydrogens is 342 g/mol. The molecule has 1 spiro atoms. The number of carbonyl (C=O) groups is 1. The summed E-state index contributed by atoms with van der Waals surface area (Å²) in [6.45, 7) is 5.29. The Kier molecular flexibility index (Phi) is 5.36. The van der Waals surface area contributed by atoms with Gasteiger partial charge in [-0.05, 0) is 50.8 Å². The molecule has 26 heavy (non-hydrogen) atoms. The number of piperidine rings is 1. The third kappa shape index (κ3) is 3.99. The van der Waals surface area contributed by atoms with Crippen LogP contribution in [0.2, 0.25) is 0 Å². The van der Waals surface area contributed by atoms with Gasteiger partial charge in [0, 0.05) is 30.4 Å². The molecule has 2 saturated heterocycles. The van der Waals surface area contributed by atoms with Crippen LogP contribution in [0.1, 0.15) is 41.7 Å². The van der Waals surface area contributed by atoms with Gasteiger partial charge in [-0.15, -0.1) is 11.3 Å². The van der Waals surface area contributed by atoms with Gasteiger partial charge in [0.1, 0.15) is 5.69 Å². The summed E-state index contributed by atoms with van der Waals surface area (Å²) in [5, 5.41) is 1.87. The molecule has 138 valence electrons. The molecule has 1 amide bonds. The SMILES string of the molecule is O=C(c1cscn1)N1CC[C@]2(CCCN(CCCc3ccccc3)C2)C1. The van der Waals surface area contributed by atoms with E-state index in [1.165, 1.54) is 42.7 Å². The molecule has 1 atom stereocenters. The van der Waals surface area contributed by atoms with Crippen molar-refractivity contribution in [2.75, 3.05) is 32.7 Å². The van der Waals surface area contributed by atoms with E-state index in [4.69, 9.17) is 0 Å². The smallest absolute Gasteiger partial charge is 0.273 e. The topological polar surface area (TPSA) is 36.4 Å². The maximum atomic E-state index is 12.6. The summed E-state index contributed by atoms with van der Waals surface area (Å²) in [7, 11) is 0. The Balaban J connectivity index is 1.30. The van der Waals surface area contributed by atoms with Crippen LogP contribution in [0.3, 0.4) is 0 Å². The number of benzene rings is 1. The quantitative estimate of drug-likeness (QED) is 0.806. The van der Waals surface area contributed by atoms with Crippen molar-refractivity contribution < 1.29 is 4.79 Å². The van der Waals surface area contributed by atoms with Gasteiger partial charge in [0.15, 0.2) is 0 Å². The van der Waals surface area contributed by atoms with Gasteiger partial charge in [-0.25, -0.2) is 4.98 Å². The van der Waals surface area contributed by atoms with Crippen molar-refractivity contribution in [2.24, 2.45) is 5.41 Å². The highest BCUT2D eigenvalue weighted by molar-refractivity contribution is 7.07. The van der Waals surface area contributed by atoms with Gasteiger partial charge < -0.3 is 9.80 Å². The van der Waals surface area contributed by atoms with Crippen LogP contribution < -0.4 is 0 Å². The Morgan fingerprint density at radius 3 is 2.85 bits per heavy atom. The fourth-order valence-corrected chi connectivity index (χ4v) is 5.10. The predicted molar refractivity (Wildman–Crippen MR) is 106 cm³/mol. The van der Waals surface area contributed by atoms with Gasteiger partial charge in [-0.3, -0.25) is 4.79 Å². The number of likely N-dealkylation sites (tertiary alicyclic amines) is 2. The summed E-state index contributed by atoms with van der Waals surface area (Å²) in [6, 6.07) is 10.8. The van der Waals surface area contributed by atoms with Crippen molar-refractivity contribution in [2.45, 2.75) is 32.1 Å². The Hall–Kier alpha value is -1.72. The van der Waals surface area contributed by atoms with Crippen molar-refractivity contribution in [1.82, 2.24) is 14.8 Å². The largest absolute Gasteiger partial charge is 0.337 e. The van der Waals surface area contributed by atoms with E-state index in [1.807, 2.05) is 10.3 Å². The van der Waals surface area contributed by atoms with Crippen molar-refractivity contribution in [1.29, 1.82) is 0 Å². The third-order valence-electron chi connectivity index (χ3n) is 5.90. The normalized spacial score (nSPS) is 23.6. The van der Waals surface area contributed by atoms with Crippen LogP contribution in [0.25, 0.3) is 0 Å². The number of carbonyl (C=O) groups excluding carboxylic acids is 1. The number of thiazole rings is 1. The van der Waals surface area contributed by atoms with Gasteiger partial charge in [-0.2, -0.15) is 0 Å². The van der Waals surface area contributed by atoms with Crippen molar-refractivity contribution in [3.8, 4) is 0 Å². The van der Waals surface area contributed by atoms with Crippen molar-refractivity contribution >= 4 is 17.2 Å². The fraction of sp³-hybridized carbons (Fsp3) is 0.524. The second kappa shape index (κ2) is 7.89. The standard InChI is InChI=1S/C21H27N3OS/c25-20(19-14-26-17-22-19)24-13-10-21(16-24)9-5-12-23(15-21)11-4-8-18-6-2-1-3-7-18/h1-3,6-7,14,17H,4-5,8-13,15-16H2/t21-/m0/s1. The summed E-state index contributed by atoms with van der Waals surface area (Å²) in [6.07, 6.45) is 6.01. The third-order valence-corrected chi connectivity index (χ3v) is 6.49. The van der Waals surface area contributed by atoms with Crippen molar-refractivity contribution in [3.63, 3.8) is 0 Å². The molecule has 4 nitrogen and oxygen atoms in total. The average molecular weight is 370 g/mol. The first-order valence-electron chi connectivity index (χ1n) is 9.68. The van der Waals surface area contributed by atoms with Crippen LogP contribution in [0.5, 0.6) is 0 Å². The Morgan fingerprint density at radius 1 is 1.15 bits per heavy atom. The summed E-state index contributed by atoms with van der Waals surface area (Å²) >= 11 is 1.49. The second-order valence-corrected chi connectivity index (χ2v) is 8.54. The molecule has 5 heteroatoms. The molecule has 2 fully saturated rings. The molecule has 0 saturated carbocycles. The molecule has 0 radical (unpaired) electrons. The van der Waals surface area contributed by atoms with E-state index in [0.29, 0.717) is 11.1 Å². The van der Waals surface area contributed by atoms with Gasteiger partial charge in [-0.1, -0.05) is 30.3 Å². The zero-order valence-corrected chi connectivity index (χ0v) is 16.1. The monoisotopic (exact) mass is 369 g/mol. The molecule has 1 aromatic heterocycles. The first-order valence-corrected chi connectivity index (χ1v) is 10.6. The van der Waals surface area contributed by atoms with Gasteiger partial charge >= 0.3 is 0 Å². The minimum absolute atomic E-state index is 0.115. The highest BCUT2D eigenvalue weighted by atomic mass is 32.1. The first-order chi connectivity index (χ1) is 12.7. The van der Waals surface area contributed by atoms with Crippen LogP contribution in [0.15, 0.2) is 41.2 Å². The number of amides is 1. The van der Waals surface area contributed by atoms with Crippen LogP contribution in [-0.2, 0) is 6.42 Å². The summed E-state index contributed by atoms with van der Waals surface area (Å²) < 4.78 is 0. The zero-order valence-electron chi connectivity index (χ0n) is 15.3. The zero-order chi connectivity index (χ0) is 17.8. The molecule has 2 aliphatic heterocycles. The molecule has 4 rings (SSSR count). The average Bonchev–Trinajstić information content (AvgIpc) is 3.33. The molecule has 2 aromatic rings. The fourth-order valence-electron chi connectivity index (χ4n) is 4.57. The lowest BCUT2D eigenvalue weighted by molar-refractivity contribution is 0.0684. The summed E-state index contributed by atoms with van der Waals surface area (Å²) in [5.74, 6) is 0.115. The molecule has 2 aliphatic rings. The minimum atomic E-state index is 0.115. The lowest BCUT2D eigenvalue weighted by Gasteiger charge is -2.40. The van der Waals surface area contributed by atoms with Gasteiger partial charge in [0.2, 0.25) is 0 Å². The van der Waals surface area contributed by atoms with E-state index in [9.17, 15) is 4.79 Å². The predicted octanol–water partition coefficient (Wildman–Crippen LogP) is 3.70. The number of hydrogen-bond acceptors (Lipinski definition) is 4. The lowest BCUT2D eigenvalue weighted by atomic mass is 9.79. The second-order valence-electron chi connectivity index (χ2n) is 7.82. The van der Waals surface area contributed by atoms with E-state index in [1.54, 1.807) is 5.51 Å². The van der Waals surface area contributed by atoms with Gasteiger partial charge in [0.05, 0.1) is 5.51 Å². The molecular formula is C21H27N3OS. The Bertz CT molecular complexity index is 718. The summed E-state index contributed by atoms with van der Waals surface area (Å²) in [4.78, 5) is 21.5. The number of nitrogens with zero attached hydrogens (tertiary/aromatic N) is 3. The van der Waals surface area contributed by atoms with Gasteiger partial charge in [0.25, 0.3) is 5.91 Å². The van der Waals surface area contributed by atoms with E-state index in [0.717, 1.165) is 39.0 Å². The Morgan fingerprint density at radius 2 is 2.04 bits per heavy atom. The van der Waals surface area contributed by atoms with Crippen molar-refractivity contribution in [3.05, 3.63) is 52.5 Å². The lowest BCUT2D eigenvalue weighted by Crippen LogP contribution is -2.45. The highest BCUT2D eigenvalue weighted by Crippen LogP contribution is 2.39. The molecule has 0 aliphatic carbocycles. The van der Waals surface area contributed by atoms with E-state index >= 15 is 0 Å². The maximum Gasteiger partial charge on any atom is 0.273 e. The molecule has 0 N–H and O–H groups in total. The van der Waals surface area contributed by atoms with Crippen LogP contribution in [0.4, 0.5) is 0 Å². The first kappa shape index (κ1) is 17.7. The van der Waals surface area contributed by atoms with Crippen LogP contribution in [-0.4, -0.2) is 53.4 Å². The van der Waals surface area contributed by atoms with E-state index in [-0.39, 0.29) is 5.91 Å².